The maximum Gasteiger partial charge on any atom is 0.0417 e. The van der Waals surface area contributed by atoms with Crippen molar-refractivity contribution in [3.05, 3.63) is 42.0 Å². The summed E-state index contributed by atoms with van der Waals surface area (Å²) in [5.41, 5.74) is 14.2. The molecule has 0 bridgehead atoms. The molecular weight excluding hydrogens is 184 g/mol. The summed E-state index contributed by atoms with van der Waals surface area (Å²) in [5.74, 6) is 0. The molecule has 15 heavy (non-hydrogen) atoms. The van der Waals surface area contributed by atoms with E-state index in [0.29, 0.717) is 0 Å². The third-order valence-electron chi connectivity index (χ3n) is 3.28. The van der Waals surface area contributed by atoms with Gasteiger partial charge in [0.1, 0.15) is 0 Å². The van der Waals surface area contributed by atoms with Crippen LogP contribution < -0.4 is 11.5 Å². The maximum atomic E-state index is 6.24. The molecule has 76 valence electrons. The Balaban J connectivity index is 2.36. The van der Waals surface area contributed by atoms with Crippen molar-refractivity contribution >= 4 is 16.5 Å². The first-order valence-corrected chi connectivity index (χ1v) is 5.27. The molecule has 0 atom stereocenters. The van der Waals surface area contributed by atoms with Crippen LogP contribution in [0.1, 0.15) is 18.4 Å². The maximum absolute atomic E-state index is 6.24. The van der Waals surface area contributed by atoms with E-state index in [2.05, 4.69) is 18.2 Å². The second-order valence-corrected chi connectivity index (χ2v) is 4.40. The summed E-state index contributed by atoms with van der Waals surface area (Å²) >= 11 is 0. The van der Waals surface area contributed by atoms with Crippen molar-refractivity contribution in [2.75, 3.05) is 5.73 Å². The summed E-state index contributed by atoms with van der Waals surface area (Å²) in [6.45, 7) is 0. The SMILES string of the molecule is Nc1ccc(C2(N)CC2)c2ccccc12. The fourth-order valence-electron chi connectivity index (χ4n) is 2.16. The molecule has 2 heteroatoms. The predicted octanol–water partition coefficient (Wildman–Crippen LogP) is 2.37. The molecule has 0 radical (unpaired) electrons. The normalized spacial score (nSPS) is 17.9. The Morgan fingerprint density at radius 2 is 1.60 bits per heavy atom. The fraction of sp³-hybridized carbons (Fsp3) is 0.231. The summed E-state index contributed by atoms with van der Waals surface area (Å²) < 4.78 is 0. The third-order valence-corrected chi connectivity index (χ3v) is 3.28. The average Bonchev–Trinajstić information content (AvgIpc) is 2.98. The number of anilines is 1. The monoisotopic (exact) mass is 198 g/mol. The lowest BCUT2D eigenvalue weighted by Gasteiger charge is -2.13. The van der Waals surface area contributed by atoms with E-state index < -0.39 is 0 Å². The van der Waals surface area contributed by atoms with E-state index in [1.54, 1.807) is 0 Å². The number of hydrogen-bond donors (Lipinski definition) is 2. The summed E-state index contributed by atoms with van der Waals surface area (Å²) in [4.78, 5) is 0. The molecule has 1 aliphatic rings. The van der Waals surface area contributed by atoms with Crippen molar-refractivity contribution in [1.29, 1.82) is 0 Å². The van der Waals surface area contributed by atoms with Crippen LogP contribution in [0.3, 0.4) is 0 Å². The zero-order valence-corrected chi connectivity index (χ0v) is 8.53. The molecule has 2 nitrogen and oxygen atoms in total. The average molecular weight is 198 g/mol. The number of nitrogens with two attached hydrogens (primary N) is 2. The number of hydrogen-bond acceptors (Lipinski definition) is 2. The number of nitrogen functional groups attached to an aromatic ring is 1. The van der Waals surface area contributed by atoms with Gasteiger partial charge in [0.2, 0.25) is 0 Å². The summed E-state index contributed by atoms with van der Waals surface area (Å²) in [7, 11) is 0. The highest BCUT2D eigenvalue weighted by molar-refractivity contribution is 5.95. The van der Waals surface area contributed by atoms with E-state index in [0.717, 1.165) is 23.9 Å². The molecule has 0 aliphatic heterocycles. The largest absolute Gasteiger partial charge is 0.398 e. The lowest BCUT2D eigenvalue weighted by molar-refractivity contribution is 0.748. The van der Waals surface area contributed by atoms with Gasteiger partial charge in [-0.2, -0.15) is 0 Å². The third kappa shape index (κ3) is 1.22. The number of rotatable bonds is 1. The van der Waals surface area contributed by atoms with Gasteiger partial charge in [0.15, 0.2) is 0 Å². The van der Waals surface area contributed by atoms with Gasteiger partial charge in [-0.3, -0.25) is 0 Å². The first kappa shape index (κ1) is 8.74. The Morgan fingerprint density at radius 3 is 2.27 bits per heavy atom. The van der Waals surface area contributed by atoms with E-state index in [9.17, 15) is 0 Å². The Hall–Kier alpha value is -1.54. The van der Waals surface area contributed by atoms with Crippen molar-refractivity contribution in [2.24, 2.45) is 5.73 Å². The minimum Gasteiger partial charge on any atom is -0.398 e. The second kappa shape index (κ2) is 2.74. The van der Waals surface area contributed by atoms with Crippen LogP contribution in [-0.2, 0) is 5.54 Å². The van der Waals surface area contributed by atoms with Crippen LogP contribution in [0.4, 0.5) is 5.69 Å². The zero-order valence-electron chi connectivity index (χ0n) is 8.53. The zero-order chi connectivity index (χ0) is 10.5. The molecule has 0 amide bonds. The molecule has 2 aromatic rings. The Kier molecular flexibility index (Phi) is 1.59. The van der Waals surface area contributed by atoms with Crippen LogP contribution in [0.25, 0.3) is 10.8 Å². The highest BCUT2D eigenvalue weighted by atomic mass is 14.8. The van der Waals surface area contributed by atoms with E-state index in [1.165, 1.54) is 10.9 Å². The lowest BCUT2D eigenvalue weighted by Crippen LogP contribution is -2.19. The summed E-state index contributed by atoms with van der Waals surface area (Å²) in [6, 6.07) is 12.2. The van der Waals surface area contributed by atoms with Crippen LogP contribution in [0.2, 0.25) is 0 Å². The first-order valence-electron chi connectivity index (χ1n) is 5.27. The number of benzene rings is 2. The quantitative estimate of drug-likeness (QED) is 0.691. The van der Waals surface area contributed by atoms with Crippen LogP contribution in [0.15, 0.2) is 36.4 Å². The Morgan fingerprint density at radius 1 is 0.933 bits per heavy atom. The molecule has 0 spiro atoms. The van der Waals surface area contributed by atoms with Gasteiger partial charge < -0.3 is 11.5 Å². The smallest absolute Gasteiger partial charge is 0.0417 e. The highest BCUT2D eigenvalue weighted by Gasteiger charge is 2.40. The highest BCUT2D eigenvalue weighted by Crippen LogP contribution is 2.45. The van der Waals surface area contributed by atoms with E-state index >= 15 is 0 Å². The number of fused-ring (bicyclic) bond motifs is 1. The molecule has 0 unspecified atom stereocenters. The van der Waals surface area contributed by atoms with E-state index in [-0.39, 0.29) is 5.54 Å². The summed E-state index contributed by atoms with van der Waals surface area (Å²) in [5, 5.41) is 2.32. The molecular formula is C13H14N2. The predicted molar refractivity (Wildman–Crippen MR) is 63.5 cm³/mol. The summed E-state index contributed by atoms with van der Waals surface area (Å²) in [6.07, 6.45) is 2.17. The van der Waals surface area contributed by atoms with Crippen molar-refractivity contribution in [1.82, 2.24) is 0 Å². The van der Waals surface area contributed by atoms with Gasteiger partial charge in [0.05, 0.1) is 0 Å². The van der Waals surface area contributed by atoms with E-state index in [1.807, 2.05) is 18.2 Å². The molecule has 0 saturated heterocycles. The van der Waals surface area contributed by atoms with Crippen LogP contribution in [0.5, 0.6) is 0 Å². The molecule has 0 aromatic heterocycles. The molecule has 4 N–H and O–H groups in total. The molecule has 3 rings (SSSR count). The second-order valence-electron chi connectivity index (χ2n) is 4.40. The van der Waals surface area contributed by atoms with Crippen LogP contribution in [-0.4, -0.2) is 0 Å². The van der Waals surface area contributed by atoms with Gasteiger partial charge in [-0.1, -0.05) is 30.3 Å². The molecule has 1 saturated carbocycles. The van der Waals surface area contributed by atoms with Crippen molar-refractivity contribution < 1.29 is 0 Å². The van der Waals surface area contributed by atoms with Gasteiger partial charge in [-0.25, -0.2) is 0 Å². The first-order chi connectivity index (χ1) is 7.21. The standard InChI is InChI=1S/C13H14N2/c14-12-6-5-11(13(15)7-8-13)9-3-1-2-4-10(9)12/h1-6H,7-8,14-15H2. The Bertz CT molecular complexity index is 527. The van der Waals surface area contributed by atoms with Gasteiger partial charge >= 0.3 is 0 Å². The van der Waals surface area contributed by atoms with Gasteiger partial charge in [-0.05, 0) is 29.9 Å². The minimum absolute atomic E-state index is 0.0900. The van der Waals surface area contributed by atoms with Crippen molar-refractivity contribution in [3.63, 3.8) is 0 Å². The minimum atomic E-state index is -0.0900. The molecule has 1 aliphatic carbocycles. The molecule has 2 aromatic carbocycles. The fourth-order valence-corrected chi connectivity index (χ4v) is 2.16. The van der Waals surface area contributed by atoms with Gasteiger partial charge in [0, 0.05) is 16.6 Å². The van der Waals surface area contributed by atoms with Crippen LogP contribution >= 0.6 is 0 Å². The van der Waals surface area contributed by atoms with Gasteiger partial charge in [-0.15, -0.1) is 0 Å². The van der Waals surface area contributed by atoms with Crippen molar-refractivity contribution in [2.45, 2.75) is 18.4 Å². The lowest BCUT2D eigenvalue weighted by atomic mass is 9.96. The van der Waals surface area contributed by atoms with E-state index in [4.69, 9.17) is 11.5 Å². The molecule has 0 heterocycles. The van der Waals surface area contributed by atoms with Gasteiger partial charge in [0.25, 0.3) is 0 Å². The van der Waals surface area contributed by atoms with Crippen molar-refractivity contribution in [3.8, 4) is 0 Å². The Labute approximate surface area is 88.9 Å². The molecule has 1 fully saturated rings. The topological polar surface area (TPSA) is 52.0 Å². The van der Waals surface area contributed by atoms with Crippen LogP contribution in [0, 0.1) is 0 Å².